The Bertz CT molecular complexity index is 752. The molecule has 3 rings (SSSR count). The number of hydrogen-bond donors (Lipinski definition) is 2. The first-order chi connectivity index (χ1) is 12.1. The molecule has 0 spiro atoms. The third-order valence-corrected chi connectivity index (χ3v) is 4.45. The Kier molecular flexibility index (Phi) is 5.55. The van der Waals surface area contributed by atoms with Crippen molar-refractivity contribution in [3.63, 3.8) is 0 Å². The molecule has 8 heteroatoms. The SMILES string of the molecule is COCCn1cc(CNC(=O)N[C@@H]2C[C@H]2c2ccc(Cl)c(F)c2)cn1. The number of nitrogens with zero attached hydrogens (tertiary/aromatic N) is 2. The van der Waals surface area contributed by atoms with Crippen LogP contribution in [0.4, 0.5) is 9.18 Å². The first-order valence-electron chi connectivity index (χ1n) is 8.06. The van der Waals surface area contributed by atoms with Gasteiger partial charge in [0.1, 0.15) is 5.82 Å². The molecule has 2 aromatic rings. The number of nitrogens with one attached hydrogen (secondary N) is 2. The van der Waals surface area contributed by atoms with Gasteiger partial charge in [-0.05, 0) is 24.1 Å². The molecule has 2 N–H and O–H groups in total. The number of hydrogen-bond acceptors (Lipinski definition) is 3. The highest BCUT2D eigenvalue weighted by molar-refractivity contribution is 6.30. The van der Waals surface area contributed by atoms with Crippen LogP contribution in [-0.4, -0.2) is 35.6 Å². The van der Waals surface area contributed by atoms with Crippen LogP contribution in [-0.2, 0) is 17.8 Å². The summed E-state index contributed by atoms with van der Waals surface area (Å²) in [5, 5.41) is 10.00. The smallest absolute Gasteiger partial charge is 0.315 e. The Hall–Kier alpha value is -2.12. The molecule has 1 aliphatic carbocycles. The quantitative estimate of drug-likeness (QED) is 0.791. The van der Waals surface area contributed by atoms with Crippen LogP contribution in [0.3, 0.4) is 0 Å². The number of amides is 2. The minimum absolute atomic E-state index is 0.0185. The van der Waals surface area contributed by atoms with Crippen molar-refractivity contribution in [1.82, 2.24) is 20.4 Å². The molecule has 0 unspecified atom stereocenters. The average Bonchev–Trinajstić information content (AvgIpc) is 3.20. The molecule has 0 aliphatic heterocycles. The van der Waals surface area contributed by atoms with Gasteiger partial charge >= 0.3 is 6.03 Å². The van der Waals surface area contributed by atoms with E-state index >= 15 is 0 Å². The van der Waals surface area contributed by atoms with E-state index in [1.54, 1.807) is 30.1 Å². The monoisotopic (exact) mass is 366 g/mol. The van der Waals surface area contributed by atoms with E-state index < -0.39 is 5.82 Å². The number of rotatable bonds is 7. The van der Waals surface area contributed by atoms with E-state index in [-0.39, 0.29) is 23.0 Å². The van der Waals surface area contributed by atoms with E-state index in [9.17, 15) is 9.18 Å². The second kappa shape index (κ2) is 7.84. The molecule has 0 saturated heterocycles. The second-order valence-electron chi connectivity index (χ2n) is 6.05. The van der Waals surface area contributed by atoms with Crippen LogP contribution in [0.15, 0.2) is 30.6 Å². The lowest BCUT2D eigenvalue weighted by atomic mass is 10.1. The van der Waals surface area contributed by atoms with Gasteiger partial charge in [-0.15, -0.1) is 0 Å². The Morgan fingerprint density at radius 2 is 2.36 bits per heavy atom. The van der Waals surface area contributed by atoms with Gasteiger partial charge in [0.2, 0.25) is 0 Å². The van der Waals surface area contributed by atoms with Gasteiger partial charge in [-0.2, -0.15) is 5.10 Å². The minimum Gasteiger partial charge on any atom is -0.383 e. The van der Waals surface area contributed by atoms with Crippen LogP contribution in [0.1, 0.15) is 23.5 Å². The van der Waals surface area contributed by atoms with Gasteiger partial charge in [-0.25, -0.2) is 9.18 Å². The summed E-state index contributed by atoms with van der Waals surface area (Å²) in [6.07, 6.45) is 4.38. The zero-order valence-electron chi connectivity index (χ0n) is 13.8. The molecule has 2 amide bonds. The normalized spacial score (nSPS) is 18.8. The van der Waals surface area contributed by atoms with Gasteiger partial charge < -0.3 is 15.4 Å². The van der Waals surface area contributed by atoms with Gasteiger partial charge in [0, 0.05) is 37.4 Å². The lowest BCUT2D eigenvalue weighted by Gasteiger charge is -2.07. The number of methoxy groups -OCH3 is 1. The minimum atomic E-state index is -0.431. The van der Waals surface area contributed by atoms with Crippen molar-refractivity contribution in [2.24, 2.45) is 0 Å². The van der Waals surface area contributed by atoms with Crippen molar-refractivity contribution < 1.29 is 13.9 Å². The fraction of sp³-hybridized carbons (Fsp3) is 0.412. The van der Waals surface area contributed by atoms with Crippen molar-refractivity contribution in [3.05, 3.63) is 52.6 Å². The number of aromatic nitrogens is 2. The van der Waals surface area contributed by atoms with Crippen molar-refractivity contribution in [3.8, 4) is 0 Å². The standard InChI is InChI=1S/C17H20ClFN4O2/c1-25-5-4-23-10-11(9-21-23)8-20-17(24)22-16-7-13(16)12-2-3-14(18)15(19)6-12/h2-3,6,9-10,13,16H,4-5,7-8H2,1H3,(H2,20,22,24)/t13-,16+/m0/s1. The summed E-state index contributed by atoms with van der Waals surface area (Å²) in [6, 6.07) is 4.55. The highest BCUT2D eigenvalue weighted by Gasteiger charge is 2.39. The highest BCUT2D eigenvalue weighted by atomic mass is 35.5. The van der Waals surface area contributed by atoms with Crippen LogP contribution in [0.2, 0.25) is 5.02 Å². The molecule has 0 radical (unpaired) electrons. The summed E-state index contributed by atoms with van der Waals surface area (Å²) in [6.45, 7) is 1.65. The molecule has 1 aromatic heterocycles. The number of halogens is 2. The average molecular weight is 367 g/mol. The molecule has 1 aliphatic rings. The van der Waals surface area contributed by atoms with Crippen molar-refractivity contribution in [1.29, 1.82) is 0 Å². The number of benzene rings is 1. The van der Waals surface area contributed by atoms with E-state index in [1.165, 1.54) is 6.07 Å². The van der Waals surface area contributed by atoms with Gasteiger partial charge in [0.15, 0.2) is 0 Å². The Labute approximate surface area is 150 Å². The van der Waals surface area contributed by atoms with Crippen molar-refractivity contribution in [2.45, 2.75) is 31.5 Å². The lowest BCUT2D eigenvalue weighted by molar-refractivity contribution is 0.183. The number of carbonyl (C=O) groups is 1. The Morgan fingerprint density at radius 3 is 3.12 bits per heavy atom. The summed E-state index contributed by atoms with van der Waals surface area (Å²) >= 11 is 5.69. The number of urea groups is 1. The number of carbonyl (C=O) groups excluding carboxylic acids is 1. The van der Waals surface area contributed by atoms with Gasteiger partial charge in [-0.1, -0.05) is 17.7 Å². The van der Waals surface area contributed by atoms with Crippen LogP contribution in [0.25, 0.3) is 0 Å². The van der Waals surface area contributed by atoms with Gasteiger partial charge in [0.25, 0.3) is 0 Å². The molecule has 6 nitrogen and oxygen atoms in total. The first-order valence-corrected chi connectivity index (χ1v) is 8.44. The molecule has 1 heterocycles. The highest BCUT2D eigenvalue weighted by Crippen LogP contribution is 2.41. The summed E-state index contributed by atoms with van der Waals surface area (Å²) in [7, 11) is 1.64. The fourth-order valence-electron chi connectivity index (χ4n) is 2.67. The van der Waals surface area contributed by atoms with Gasteiger partial charge in [-0.3, -0.25) is 4.68 Å². The van der Waals surface area contributed by atoms with Crippen LogP contribution in [0.5, 0.6) is 0 Å². The van der Waals surface area contributed by atoms with E-state index in [2.05, 4.69) is 15.7 Å². The predicted octanol–water partition coefficient (Wildman–Crippen LogP) is 2.68. The van der Waals surface area contributed by atoms with Crippen LogP contribution < -0.4 is 10.6 Å². The third-order valence-electron chi connectivity index (χ3n) is 4.14. The molecule has 1 fully saturated rings. The largest absolute Gasteiger partial charge is 0.383 e. The van der Waals surface area contributed by atoms with E-state index in [4.69, 9.17) is 16.3 Å². The maximum atomic E-state index is 13.5. The molecule has 25 heavy (non-hydrogen) atoms. The second-order valence-corrected chi connectivity index (χ2v) is 6.46. The summed E-state index contributed by atoms with van der Waals surface area (Å²) in [5.41, 5.74) is 1.77. The zero-order chi connectivity index (χ0) is 17.8. The molecule has 1 saturated carbocycles. The van der Waals surface area contributed by atoms with Crippen LogP contribution in [0, 0.1) is 5.82 Å². The first kappa shape index (κ1) is 17.7. The molecule has 134 valence electrons. The van der Waals surface area contributed by atoms with Crippen molar-refractivity contribution >= 4 is 17.6 Å². The Morgan fingerprint density at radius 1 is 1.52 bits per heavy atom. The van der Waals surface area contributed by atoms with E-state index in [1.807, 2.05) is 6.20 Å². The zero-order valence-corrected chi connectivity index (χ0v) is 14.6. The summed E-state index contributed by atoms with van der Waals surface area (Å²) in [5.74, 6) is -0.297. The molecular weight excluding hydrogens is 347 g/mol. The van der Waals surface area contributed by atoms with Crippen LogP contribution >= 0.6 is 11.6 Å². The summed E-state index contributed by atoms with van der Waals surface area (Å²) in [4.78, 5) is 12.0. The number of ether oxygens (including phenoxy) is 1. The van der Waals surface area contributed by atoms with E-state index in [0.29, 0.717) is 19.7 Å². The third kappa shape index (κ3) is 4.70. The van der Waals surface area contributed by atoms with E-state index in [0.717, 1.165) is 17.5 Å². The molecular formula is C17H20ClFN4O2. The molecule has 2 atom stereocenters. The van der Waals surface area contributed by atoms with Crippen molar-refractivity contribution in [2.75, 3.05) is 13.7 Å². The maximum Gasteiger partial charge on any atom is 0.315 e. The molecule has 0 bridgehead atoms. The fourth-order valence-corrected chi connectivity index (χ4v) is 2.79. The predicted molar refractivity (Wildman–Crippen MR) is 92.0 cm³/mol. The lowest BCUT2D eigenvalue weighted by Crippen LogP contribution is -2.36. The van der Waals surface area contributed by atoms with Gasteiger partial charge in [0.05, 0.1) is 24.4 Å². The summed E-state index contributed by atoms with van der Waals surface area (Å²) < 4.78 is 20.3. The topological polar surface area (TPSA) is 68.2 Å². The molecule has 1 aromatic carbocycles. The Balaban J connectivity index is 1.43. The maximum absolute atomic E-state index is 13.5.